The molecule has 3 aliphatic carbocycles. The Morgan fingerprint density at radius 1 is 0.412 bits per heavy atom. The quantitative estimate of drug-likeness (QED) is 0.0793. The van der Waals surface area contributed by atoms with E-state index in [0.717, 1.165) is 77.0 Å². The zero-order valence-electron chi connectivity index (χ0n) is 30.7. The van der Waals surface area contributed by atoms with Gasteiger partial charge < -0.3 is 25.5 Å². The standard InChI is InChI=1S/C38H65N3O10/c42-34(43)26-40(32(37(48)49)20-17-29-12-6-2-7-13-29)24-22-39(31(36(46)47)19-16-28-10-4-1-5-11-28)23-25-41(27-35(44)45)33(38(50)51)21-18-30-14-8-3-9-15-30/h28-33H,1-27H2,(H,42,43)(H,44,45)(H,46,47)(H,48,49)(H,50,51)/t31-,32-,33-/m0/s1. The molecule has 0 radical (unpaired) electrons. The Morgan fingerprint density at radius 3 is 0.922 bits per heavy atom. The third-order valence-corrected chi connectivity index (χ3v) is 11.9. The van der Waals surface area contributed by atoms with Crippen LogP contribution in [-0.2, 0) is 24.0 Å². The lowest BCUT2D eigenvalue weighted by Gasteiger charge is -2.36. The highest BCUT2D eigenvalue weighted by Crippen LogP contribution is 2.31. The van der Waals surface area contributed by atoms with Gasteiger partial charge in [0.2, 0.25) is 0 Å². The highest BCUT2D eigenvalue weighted by molar-refractivity contribution is 5.76. The topological polar surface area (TPSA) is 196 Å². The lowest BCUT2D eigenvalue weighted by molar-refractivity contribution is -0.149. The molecule has 3 rings (SSSR count). The summed E-state index contributed by atoms with van der Waals surface area (Å²) in [7, 11) is 0. The predicted molar refractivity (Wildman–Crippen MR) is 192 cm³/mol. The maximum Gasteiger partial charge on any atom is 0.320 e. The zero-order valence-corrected chi connectivity index (χ0v) is 30.7. The first-order chi connectivity index (χ1) is 24.4. The van der Waals surface area contributed by atoms with Gasteiger partial charge in [-0.05, 0) is 56.3 Å². The third-order valence-electron chi connectivity index (χ3n) is 11.9. The normalized spacial score (nSPS) is 20.0. The first-order valence-electron chi connectivity index (χ1n) is 19.8. The second-order valence-electron chi connectivity index (χ2n) is 15.6. The zero-order chi connectivity index (χ0) is 37.2. The van der Waals surface area contributed by atoms with E-state index in [9.17, 15) is 49.5 Å². The SMILES string of the molecule is O=C(O)CN(CCN(CCN(CC(=O)O)[C@@H](CCC1CCCCC1)C(=O)O)[C@@H](CCC1CCCCC1)C(=O)O)[C@@H](CCC1CCCCC1)C(=O)O. The van der Waals surface area contributed by atoms with E-state index in [1.807, 2.05) is 0 Å². The minimum atomic E-state index is -1.17. The number of hydrogen-bond donors (Lipinski definition) is 5. The maximum absolute atomic E-state index is 12.9. The van der Waals surface area contributed by atoms with Crippen LogP contribution in [0.3, 0.4) is 0 Å². The van der Waals surface area contributed by atoms with Crippen LogP contribution < -0.4 is 0 Å². The fourth-order valence-electron chi connectivity index (χ4n) is 8.97. The summed E-state index contributed by atoms with van der Waals surface area (Å²) in [6, 6.07) is -3.06. The Morgan fingerprint density at radius 2 is 0.667 bits per heavy atom. The number of aliphatic carboxylic acids is 5. The van der Waals surface area contributed by atoms with Crippen molar-refractivity contribution in [2.45, 2.75) is 153 Å². The van der Waals surface area contributed by atoms with Crippen LogP contribution in [0, 0.1) is 17.8 Å². The van der Waals surface area contributed by atoms with E-state index in [0.29, 0.717) is 56.3 Å². The van der Waals surface area contributed by atoms with E-state index in [1.165, 1.54) is 29.1 Å². The van der Waals surface area contributed by atoms with Crippen LogP contribution in [0.1, 0.15) is 135 Å². The number of carbonyl (C=O) groups is 5. The Hall–Kier alpha value is -2.77. The van der Waals surface area contributed by atoms with Gasteiger partial charge in [-0.2, -0.15) is 0 Å². The van der Waals surface area contributed by atoms with Crippen molar-refractivity contribution >= 4 is 29.8 Å². The van der Waals surface area contributed by atoms with Gasteiger partial charge in [0.1, 0.15) is 18.1 Å². The van der Waals surface area contributed by atoms with Crippen molar-refractivity contribution in [2.24, 2.45) is 17.8 Å². The van der Waals surface area contributed by atoms with Crippen LogP contribution in [0.15, 0.2) is 0 Å². The number of carboxylic acids is 5. The molecule has 0 amide bonds. The van der Waals surface area contributed by atoms with Gasteiger partial charge in [0.05, 0.1) is 13.1 Å². The van der Waals surface area contributed by atoms with Crippen molar-refractivity contribution in [3.63, 3.8) is 0 Å². The van der Waals surface area contributed by atoms with E-state index < -0.39 is 61.1 Å². The molecule has 5 N–H and O–H groups in total. The monoisotopic (exact) mass is 723 g/mol. The Labute approximate surface area is 303 Å². The van der Waals surface area contributed by atoms with Crippen LogP contribution in [0.25, 0.3) is 0 Å². The molecule has 0 spiro atoms. The number of rotatable bonds is 25. The summed E-state index contributed by atoms with van der Waals surface area (Å²) in [6.45, 7) is -0.953. The minimum Gasteiger partial charge on any atom is -0.480 e. The Bertz CT molecular complexity index is 1020. The highest BCUT2D eigenvalue weighted by Gasteiger charge is 2.34. The molecule has 3 atom stereocenters. The Kier molecular flexibility index (Phi) is 19.2. The van der Waals surface area contributed by atoms with Gasteiger partial charge in [-0.3, -0.25) is 38.7 Å². The van der Waals surface area contributed by atoms with Crippen LogP contribution in [0.2, 0.25) is 0 Å². The van der Waals surface area contributed by atoms with Gasteiger partial charge in [0, 0.05) is 26.2 Å². The summed E-state index contributed by atoms with van der Waals surface area (Å²) >= 11 is 0. The molecule has 0 heterocycles. The van der Waals surface area contributed by atoms with E-state index in [1.54, 1.807) is 4.90 Å². The summed E-state index contributed by atoms with van der Waals surface area (Å²) in [5.74, 6) is -4.41. The van der Waals surface area contributed by atoms with Gasteiger partial charge >= 0.3 is 29.8 Å². The van der Waals surface area contributed by atoms with Crippen LogP contribution in [0.5, 0.6) is 0 Å². The average molecular weight is 724 g/mol. The summed E-state index contributed by atoms with van der Waals surface area (Å²) in [5, 5.41) is 50.5. The van der Waals surface area contributed by atoms with E-state index >= 15 is 0 Å². The minimum absolute atomic E-state index is 0.00981. The fourth-order valence-corrected chi connectivity index (χ4v) is 8.97. The molecule has 0 saturated heterocycles. The summed E-state index contributed by atoms with van der Waals surface area (Å²) in [6.07, 6.45) is 19.3. The molecule has 3 fully saturated rings. The second-order valence-corrected chi connectivity index (χ2v) is 15.6. The van der Waals surface area contributed by atoms with Crippen molar-refractivity contribution in [1.29, 1.82) is 0 Å². The first-order valence-corrected chi connectivity index (χ1v) is 19.8. The van der Waals surface area contributed by atoms with Crippen molar-refractivity contribution in [3.05, 3.63) is 0 Å². The molecule has 3 aliphatic rings. The van der Waals surface area contributed by atoms with Crippen LogP contribution in [-0.4, -0.2) is 127 Å². The van der Waals surface area contributed by atoms with Crippen LogP contribution >= 0.6 is 0 Å². The molecule has 0 aromatic carbocycles. The van der Waals surface area contributed by atoms with Gasteiger partial charge in [-0.15, -0.1) is 0 Å². The molecule has 0 unspecified atom stereocenters. The van der Waals surface area contributed by atoms with Crippen molar-refractivity contribution in [1.82, 2.24) is 14.7 Å². The summed E-state index contributed by atoms with van der Waals surface area (Å²) in [4.78, 5) is 66.4. The molecule has 0 aromatic rings. The first kappa shape index (κ1) is 42.6. The Balaban J connectivity index is 1.81. The van der Waals surface area contributed by atoms with Crippen molar-refractivity contribution in [3.8, 4) is 0 Å². The second kappa shape index (κ2) is 23.0. The molecular weight excluding hydrogens is 658 g/mol. The van der Waals surface area contributed by atoms with Gasteiger partial charge in [0.15, 0.2) is 0 Å². The third kappa shape index (κ3) is 15.8. The number of nitrogens with zero attached hydrogens (tertiary/aromatic N) is 3. The molecular formula is C38H65N3O10. The summed E-state index contributed by atoms with van der Waals surface area (Å²) < 4.78 is 0. The average Bonchev–Trinajstić information content (AvgIpc) is 3.09. The molecule has 51 heavy (non-hydrogen) atoms. The number of hydrogen-bond acceptors (Lipinski definition) is 8. The van der Waals surface area contributed by atoms with Crippen LogP contribution in [0.4, 0.5) is 0 Å². The van der Waals surface area contributed by atoms with E-state index in [2.05, 4.69) is 0 Å². The molecule has 292 valence electrons. The molecule has 13 heteroatoms. The molecule has 0 aromatic heterocycles. The summed E-state index contributed by atoms with van der Waals surface area (Å²) in [5.41, 5.74) is 0. The molecule has 3 saturated carbocycles. The number of carboxylic acid groups (broad SMARTS) is 5. The highest BCUT2D eigenvalue weighted by atomic mass is 16.4. The fraction of sp³-hybridized carbons (Fsp3) is 0.868. The maximum atomic E-state index is 12.9. The van der Waals surface area contributed by atoms with Gasteiger partial charge in [-0.1, -0.05) is 96.3 Å². The molecule has 0 aliphatic heterocycles. The van der Waals surface area contributed by atoms with Crippen molar-refractivity contribution in [2.75, 3.05) is 39.3 Å². The van der Waals surface area contributed by atoms with E-state index in [-0.39, 0.29) is 26.2 Å². The smallest absolute Gasteiger partial charge is 0.320 e. The predicted octanol–water partition coefficient (Wildman–Crippen LogP) is 5.50. The van der Waals surface area contributed by atoms with Gasteiger partial charge in [-0.25, -0.2) is 0 Å². The lowest BCUT2D eigenvalue weighted by Crippen LogP contribution is -2.53. The largest absolute Gasteiger partial charge is 0.480 e. The lowest BCUT2D eigenvalue weighted by atomic mass is 9.85. The molecule has 13 nitrogen and oxygen atoms in total. The van der Waals surface area contributed by atoms with E-state index in [4.69, 9.17) is 0 Å². The molecule has 0 bridgehead atoms. The van der Waals surface area contributed by atoms with Crippen molar-refractivity contribution < 1.29 is 49.5 Å². The van der Waals surface area contributed by atoms with Gasteiger partial charge in [0.25, 0.3) is 0 Å².